The Bertz CT molecular complexity index is 380. The zero-order valence-corrected chi connectivity index (χ0v) is 11.8. The Morgan fingerprint density at radius 3 is 2.42 bits per heavy atom. The van der Waals surface area contributed by atoms with Gasteiger partial charge in [0.2, 0.25) is 11.8 Å². The molecule has 1 aliphatic heterocycles. The van der Waals surface area contributed by atoms with Crippen LogP contribution >= 0.6 is 0 Å². The maximum atomic E-state index is 12.8. The lowest BCUT2D eigenvalue weighted by Gasteiger charge is -2.52. The van der Waals surface area contributed by atoms with Crippen LogP contribution < -0.4 is 5.32 Å². The summed E-state index contributed by atoms with van der Waals surface area (Å²) in [6.07, 6.45) is 4.77. The molecule has 0 bridgehead atoms. The molecule has 1 spiro atoms. The van der Waals surface area contributed by atoms with Gasteiger partial charge < -0.3 is 10.2 Å². The van der Waals surface area contributed by atoms with Gasteiger partial charge in [0.1, 0.15) is 17.8 Å². The lowest BCUT2D eigenvalue weighted by molar-refractivity contribution is -0.165. The van der Waals surface area contributed by atoms with E-state index in [4.69, 9.17) is 0 Å². The van der Waals surface area contributed by atoms with E-state index in [0.29, 0.717) is 19.3 Å². The molecular formula is C14H23FN2O2. The number of carbonyl (C=O) groups excluding carboxylic acids is 2. The van der Waals surface area contributed by atoms with E-state index in [-0.39, 0.29) is 18.4 Å². The number of hydrogen-bond donors (Lipinski definition) is 1. The molecule has 1 atom stereocenters. The molecule has 1 N–H and O–H groups in total. The number of nitrogens with zero attached hydrogens (tertiary/aromatic N) is 1. The molecule has 108 valence electrons. The van der Waals surface area contributed by atoms with Crippen molar-refractivity contribution in [1.82, 2.24) is 10.2 Å². The maximum absolute atomic E-state index is 12.8. The van der Waals surface area contributed by atoms with Crippen molar-refractivity contribution in [1.29, 1.82) is 0 Å². The van der Waals surface area contributed by atoms with Crippen LogP contribution in [0.15, 0.2) is 0 Å². The van der Waals surface area contributed by atoms with Gasteiger partial charge in [-0.2, -0.15) is 0 Å². The quantitative estimate of drug-likeness (QED) is 0.850. The molecule has 1 saturated heterocycles. The van der Waals surface area contributed by atoms with E-state index in [2.05, 4.69) is 5.32 Å². The largest absolute Gasteiger partial charge is 0.340 e. The topological polar surface area (TPSA) is 49.4 Å². The molecule has 4 nitrogen and oxygen atoms in total. The molecule has 0 aromatic heterocycles. The first-order chi connectivity index (χ1) is 9.00. The first-order valence-electron chi connectivity index (χ1n) is 7.21. The molecule has 2 fully saturated rings. The second-order valence-electron chi connectivity index (χ2n) is 5.88. The van der Waals surface area contributed by atoms with Gasteiger partial charge in [-0.1, -0.05) is 26.2 Å². The summed E-state index contributed by atoms with van der Waals surface area (Å²) in [5.41, 5.74) is -1.68. The summed E-state index contributed by atoms with van der Waals surface area (Å²) < 4.78 is 12.8. The van der Waals surface area contributed by atoms with Crippen LogP contribution in [0, 0.1) is 0 Å². The van der Waals surface area contributed by atoms with Crippen LogP contribution in [0.5, 0.6) is 0 Å². The molecule has 5 heteroatoms. The van der Waals surface area contributed by atoms with Gasteiger partial charge in [0, 0.05) is 0 Å². The Balaban J connectivity index is 2.37. The third-order valence-electron chi connectivity index (χ3n) is 4.74. The third kappa shape index (κ3) is 2.13. The van der Waals surface area contributed by atoms with Gasteiger partial charge in [0.05, 0.1) is 6.54 Å². The van der Waals surface area contributed by atoms with Crippen molar-refractivity contribution in [3.05, 3.63) is 0 Å². The monoisotopic (exact) mass is 270 g/mol. The molecule has 0 radical (unpaired) electrons. The van der Waals surface area contributed by atoms with Gasteiger partial charge in [-0.3, -0.25) is 9.59 Å². The summed E-state index contributed by atoms with van der Waals surface area (Å²) in [6, 6.07) is 0. The van der Waals surface area contributed by atoms with E-state index < -0.39 is 17.8 Å². The van der Waals surface area contributed by atoms with Crippen molar-refractivity contribution < 1.29 is 14.0 Å². The second-order valence-corrected chi connectivity index (χ2v) is 5.88. The lowest BCUT2D eigenvalue weighted by atomic mass is 9.75. The van der Waals surface area contributed by atoms with Gasteiger partial charge in [-0.15, -0.1) is 0 Å². The van der Waals surface area contributed by atoms with Gasteiger partial charge in [-0.25, -0.2) is 4.39 Å². The summed E-state index contributed by atoms with van der Waals surface area (Å²) in [5.74, 6) is -0.223. The van der Waals surface area contributed by atoms with Crippen LogP contribution in [0.25, 0.3) is 0 Å². The van der Waals surface area contributed by atoms with Crippen molar-refractivity contribution in [3.63, 3.8) is 0 Å². The minimum Gasteiger partial charge on any atom is -0.340 e. The van der Waals surface area contributed by atoms with Crippen molar-refractivity contribution in [2.45, 2.75) is 63.5 Å². The molecule has 2 amide bonds. The molecule has 19 heavy (non-hydrogen) atoms. The molecule has 1 unspecified atom stereocenters. The highest BCUT2D eigenvalue weighted by Crippen LogP contribution is 2.39. The second kappa shape index (κ2) is 5.10. The molecular weight excluding hydrogens is 247 g/mol. The smallest absolute Gasteiger partial charge is 0.249 e. The minimum atomic E-state index is -0.880. The minimum absolute atomic E-state index is 0.0296. The van der Waals surface area contributed by atoms with Gasteiger partial charge >= 0.3 is 0 Å². The van der Waals surface area contributed by atoms with Crippen molar-refractivity contribution in [2.75, 3.05) is 13.2 Å². The molecule has 1 saturated carbocycles. The average molecular weight is 270 g/mol. The first kappa shape index (κ1) is 14.3. The Kier molecular flexibility index (Phi) is 3.83. The number of nitrogens with one attached hydrogen (secondary N) is 1. The predicted octanol–water partition coefficient (Wildman–Crippen LogP) is 1.79. The summed E-state index contributed by atoms with van der Waals surface area (Å²) >= 11 is 0. The average Bonchev–Trinajstić information content (AvgIpc) is 2.43. The summed E-state index contributed by atoms with van der Waals surface area (Å²) in [5, 5.41) is 2.89. The Labute approximate surface area is 113 Å². The Hall–Kier alpha value is -1.13. The Morgan fingerprint density at radius 2 is 1.89 bits per heavy atom. The van der Waals surface area contributed by atoms with E-state index in [1.54, 1.807) is 6.92 Å². The lowest BCUT2D eigenvalue weighted by Crippen LogP contribution is -2.75. The summed E-state index contributed by atoms with van der Waals surface area (Å²) in [7, 11) is 0. The van der Waals surface area contributed by atoms with E-state index in [9.17, 15) is 14.0 Å². The van der Waals surface area contributed by atoms with Crippen molar-refractivity contribution in [3.8, 4) is 0 Å². The van der Waals surface area contributed by atoms with Crippen LogP contribution in [0.3, 0.4) is 0 Å². The molecule has 1 heterocycles. The predicted molar refractivity (Wildman–Crippen MR) is 70.3 cm³/mol. The number of alkyl halides is 1. The third-order valence-corrected chi connectivity index (χ3v) is 4.74. The van der Waals surface area contributed by atoms with Crippen LogP contribution in [0.1, 0.15) is 52.4 Å². The SMILES string of the molecule is CCC1(C)NC(=O)C2(CCCCC2)N(CCF)C1=O. The highest BCUT2D eigenvalue weighted by Gasteiger charge is 2.55. The number of hydrogen-bond acceptors (Lipinski definition) is 2. The van der Waals surface area contributed by atoms with E-state index in [1.165, 1.54) is 4.90 Å². The van der Waals surface area contributed by atoms with E-state index in [0.717, 1.165) is 19.3 Å². The van der Waals surface area contributed by atoms with Gasteiger partial charge in [-0.05, 0) is 26.2 Å². The fourth-order valence-corrected chi connectivity index (χ4v) is 3.31. The zero-order valence-electron chi connectivity index (χ0n) is 11.8. The highest BCUT2D eigenvalue weighted by molar-refractivity contribution is 6.02. The van der Waals surface area contributed by atoms with Crippen LogP contribution in [0.4, 0.5) is 4.39 Å². The van der Waals surface area contributed by atoms with E-state index in [1.807, 2.05) is 6.92 Å². The normalized spacial score (nSPS) is 30.6. The number of carbonyl (C=O) groups is 2. The highest BCUT2D eigenvalue weighted by atomic mass is 19.1. The molecule has 1 aliphatic carbocycles. The van der Waals surface area contributed by atoms with Gasteiger partial charge in [0.15, 0.2) is 0 Å². The van der Waals surface area contributed by atoms with Crippen molar-refractivity contribution >= 4 is 11.8 Å². The zero-order chi connectivity index (χ0) is 14.1. The number of piperazine rings is 1. The van der Waals surface area contributed by atoms with Gasteiger partial charge in [0.25, 0.3) is 0 Å². The number of halogens is 1. The number of amides is 2. The van der Waals surface area contributed by atoms with Crippen LogP contribution in [-0.2, 0) is 9.59 Å². The van der Waals surface area contributed by atoms with Crippen LogP contribution in [0.2, 0.25) is 0 Å². The standard InChI is InChI=1S/C14H23FN2O2/c1-3-13(2)12(19)17(10-9-15)14(11(18)16-13)7-5-4-6-8-14/h3-10H2,1-2H3,(H,16,18). The Morgan fingerprint density at radius 1 is 1.26 bits per heavy atom. The first-order valence-corrected chi connectivity index (χ1v) is 7.21. The molecule has 2 aliphatic rings. The van der Waals surface area contributed by atoms with E-state index >= 15 is 0 Å². The fourth-order valence-electron chi connectivity index (χ4n) is 3.31. The molecule has 2 rings (SSSR count). The van der Waals surface area contributed by atoms with Crippen LogP contribution in [-0.4, -0.2) is 41.0 Å². The molecule has 0 aromatic carbocycles. The fraction of sp³-hybridized carbons (Fsp3) is 0.857. The maximum Gasteiger partial charge on any atom is 0.249 e. The van der Waals surface area contributed by atoms with Crippen molar-refractivity contribution in [2.24, 2.45) is 0 Å². The summed E-state index contributed by atoms with van der Waals surface area (Å²) in [6.45, 7) is 3.03. The summed E-state index contributed by atoms with van der Waals surface area (Å²) in [4.78, 5) is 26.7. The molecule has 0 aromatic rings. The number of rotatable bonds is 3.